The maximum atomic E-state index is 13.2. The van der Waals surface area contributed by atoms with Gasteiger partial charge in [-0.05, 0) is 60.7 Å². The molecule has 3 aromatic heterocycles. The van der Waals surface area contributed by atoms with Crippen molar-refractivity contribution in [2.45, 2.75) is 12.8 Å². The predicted molar refractivity (Wildman–Crippen MR) is 199 cm³/mol. The summed E-state index contributed by atoms with van der Waals surface area (Å²) in [6.07, 6.45) is 0.0998. The molecule has 4 amide bonds. The Morgan fingerprint density at radius 2 is 1.00 bits per heavy atom. The molecule has 0 saturated heterocycles. The third-order valence-corrected chi connectivity index (χ3v) is 8.59. The number of hydrogen-bond acceptors (Lipinski definition) is 10. The highest BCUT2D eigenvalue weighted by Crippen LogP contribution is 2.24. The summed E-state index contributed by atoms with van der Waals surface area (Å²) in [6, 6.07) is 20.1. The summed E-state index contributed by atoms with van der Waals surface area (Å²) in [6.45, 7) is -0.200. The van der Waals surface area contributed by atoms with Gasteiger partial charge in [-0.3, -0.25) is 38.8 Å². The van der Waals surface area contributed by atoms with Gasteiger partial charge < -0.3 is 37.1 Å². The number of amides is 4. The lowest BCUT2D eigenvalue weighted by molar-refractivity contribution is -0.118. The Morgan fingerprint density at radius 3 is 1.51 bits per heavy atom. The normalized spacial score (nSPS) is 11.2. The second-order valence-corrected chi connectivity index (χ2v) is 12.3. The fourth-order valence-corrected chi connectivity index (χ4v) is 5.64. The van der Waals surface area contributed by atoms with Gasteiger partial charge in [-0.1, -0.05) is 12.1 Å². The number of carbonyl (C=O) groups excluding carboxylic acids is 6. The number of fused-ring (bicyclic) bond motifs is 3. The summed E-state index contributed by atoms with van der Waals surface area (Å²) in [5, 5.41) is 9.65. The SMILES string of the molecule is NCC(=O)CCN(N)C(=O)c1cc2ccc(NC(=O)c3ccc4[nH]c(C(=O)Nc5ccc6cc(C(=O)N(N)CCC(=O)CN)[nH]c6c5)cc4c3)cc2[nH]1. The molecule has 0 radical (unpaired) electrons. The van der Waals surface area contributed by atoms with Crippen molar-refractivity contribution in [1.82, 2.24) is 25.0 Å². The van der Waals surface area contributed by atoms with Crippen LogP contribution in [-0.4, -0.2) is 86.3 Å². The number of anilines is 2. The Morgan fingerprint density at radius 1 is 0.528 bits per heavy atom. The molecule has 272 valence electrons. The van der Waals surface area contributed by atoms with Gasteiger partial charge in [0.2, 0.25) is 0 Å². The van der Waals surface area contributed by atoms with Crippen LogP contribution in [0.1, 0.15) is 54.7 Å². The molecule has 17 heteroatoms. The van der Waals surface area contributed by atoms with E-state index in [9.17, 15) is 28.8 Å². The number of aromatic amines is 3. The highest BCUT2D eigenvalue weighted by Gasteiger charge is 2.19. The zero-order valence-electron chi connectivity index (χ0n) is 28.3. The Kier molecular flexibility index (Phi) is 10.4. The van der Waals surface area contributed by atoms with Crippen LogP contribution in [0.5, 0.6) is 0 Å². The average Bonchev–Trinajstić information content (AvgIpc) is 3.91. The number of nitrogens with zero attached hydrogens (tertiary/aromatic N) is 2. The number of hydrazine groups is 2. The van der Waals surface area contributed by atoms with Crippen LogP contribution in [0.2, 0.25) is 0 Å². The molecule has 13 N–H and O–H groups in total. The molecule has 3 heterocycles. The smallest absolute Gasteiger partial charge is 0.284 e. The van der Waals surface area contributed by atoms with Crippen LogP contribution >= 0.6 is 0 Å². The number of nitrogens with two attached hydrogens (primary N) is 4. The van der Waals surface area contributed by atoms with E-state index in [1.807, 2.05) is 0 Å². The first-order valence-electron chi connectivity index (χ1n) is 16.5. The number of rotatable bonds is 14. The number of benzene rings is 3. The summed E-state index contributed by atoms with van der Waals surface area (Å²) < 4.78 is 0. The summed E-state index contributed by atoms with van der Waals surface area (Å²) >= 11 is 0. The molecule has 0 unspecified atom stereocenters. The lowest BCUT2D eigenvalue weighted by atomic mass is 10.1. The molecule has 0 aliphatic carbocycles. The lowest BCUT2D eigenvalue weighted by Gasteiger charge is -2.14. The van der Waals surface area contributed by atoms with E-state index in [1.54, 1.807) is 72.8 Å². The quantitative estimate of drug-likeness (QED) is 0.0449. The molecule has 0 atom stereocenters. The zero-order chi connectivity index (χ0) is 37.8. The van der Waals surface area contributed by atoms with Crippen molar-refractivity contribution < 1.29 is 28.8 Å². The van der Waals surface area contributed by atoms with Crippen LogP contribution in [0.4, 0.5) is 11.4 Å². The molecule has 6 rings (SSSR count). The first kappa shape index (κ1) is 36.1. The van der Waals surface area contributed by atoms with Crippen LogP contribution in [0, 0.1) is 0 Å². The molecule has 0 spiro atoms. The Bertz CT molecular complexity index is 2280. The molecule has 3 aromatic carbocycles. The van der Waals surface area contributed by atoms with Crippen molar-refractivity contribution in [3.63, 3.8) is 0 Å². The molecular formula is C36H37N11O6. The third-order valence-electron chi connectivity index (χ3n) is 8.59. The minimum absolute atomic E-state index is 0.0238. The molecule has 0 bridgehead atoms. The summed E-state index contributed by atoms with van der Waals surface area (Å²) in [7, 11) is 0. The molecule has 0 fully saturated rings. The maximum absolute atomic E-state index is 13.2. The second-order valence-electron chi connectivity index (χ2n) is 12.3. The van der Waals surface area contributed by atoms with Gasteiger partial charge in [0.1, 0.15) is 28.6 Å². The van der Waals surface area contributed by atoms with Crippen molar-refractivity contribution in [3.8, 4) is 0 Å². The highest BCUT2D eigenvalue weighted by molar-refractivity contribution is 6.10. The Labute approximate surface area is 300 Å². The van der Waals surface area contributed by atoms with Crippen molar-refractivity contribution in [1.29, 1.82) is 0 Å². The maximum Gasteiger partial charge on any atom is 0.284 e. The van der Waals surface area contributed by atoms with E-state index in [-0.39, 0.29) is 67.7 Å². The number of hydrogen-bond donors (Lipinski definition) is 9. The number of H-pyrrole nitrogens is 3. The van der Waals surface area contributed by atoms with E-state index in [0.29, 0.717) is 44.3 Å². The van der Waals surface area contributed by atoms with Gasteiger partial charge in [0.05, 0.1) is 13.1 Å². The fraction of sp³-hybridized carbons (Fsp3) is 0.167. The molecule has 53 heavy (non-hydrogen) atoms. The zero-order valence-corrected chi connectivity index (χ0v) is 28.3. The number of carbonyl (C=O) groups is 6. The van der Waals surface area contributed by atoms with Crippen molar-refractivity contribution in [2.75, 3.05) is 36.8 Å². The fourth-order valence-electron chi connectivity index (χ4n) is 5.64. The summed E-state index contributed by atoms with van der Waals surface area (Å²) in [4.78, 5) is 83.9. The molecular weight excluding hydrogens is 682 g/mol. The van der Waals surface area contributed by atoms with E-state index >= 15 is 0 Å². The first-order valence-corrected chi connectivity index (χ1v) is 16.5. The van der Waals surface area contributed by atoms with E-state index in [2.05, 4.69) is 25.6 Å². The van der Waals surface area contributed by atoms with Gasteiger partial charge in [-0.15, -0.1) is 0 Å². The van der Waals surface area contributed by atoms with E-state index in [4.69, 9.17) is 23.2 Å². The van der Waals surface area contributed by atoms with Gasteiger partial charge in [0, 0.05) is 75.6 Å². The average molecular weight is 720 g/mol. The van der Waals surface area contributed by atoms with E-state index in [0.717, 1.165) is 15.4 Å². The third kappa shape index (κ3) is 8.13. The van der Waals surface area contributed by atoms with Crippen LogP contribution in [0.3, 0.4) is 0 Å². The van der Waals surface area contributed by atoms with Gasteiger partial charge in [-0.2, -0.15) is 0 Å². The lowest BCUT2D eigenvalue weighted by Crippen LogP contribution is -2.39. The standard InChI is InChI=1S/C36H37N11O6/c37-17-25(48)7-9-46(39)35(52)31-12-19-1-4-23(15-28(19)44-31)41-33(50)21-3-6-27-22(11-21)14-30(43-27)34(51)42-24-5-2-20-13-32(45-29(20)16-24)36(53)47(40)10-8-26(49)18-38/h1-6,11-16,43-45H,7-10,17-18,37-40H2,(H,41,50)(H,42,51). The Hall–Kier alpha value is -6.66. The molecule has 6 aromatic rings. The van der Waals surface area contributed by atoms with Crippen molar-refractivity contribution in [2.24, 2.45) is 23.2 Å². The summed E-state index contributed by atoms with van der Waals surface area (Å²) in [5.74, 6) is 9.45. The van der Waals surface area contributed by atoms with Crippen LogP contribution in [-0.2, 0) is 9.59 Å². The van der Waals surface area contributed by atoms with Crippen LogP contribution in [0.15, 0.2) is 72.8 Å². The second kappa shape index (κ2) is 15.3. The van der Waals surface area contributed by atoms with E-state index < -0.39 is 23.6 Å². The van der Waals surface area contributed by atoms with Gasteiger partial charge in [0.15, 0.2) is 0 Å². The topological polar surface area (TPSA) is 284 Å². The largest absolute Gasteiger partial charge is 0.351 e. The monoisotopic (exact) mass is 719 g/mol. The molecule has 0 aliphatic heterocycles. The van der Waals surface area contributed by atoms with Gasteiger partial charge in [0.25, 0.3) is 23.6 Å². The minimum Gasteiger partial charge on any atom is -0.351 e. The predicted octanol–water partition coefficient (Wildman–Crippen LogP) is 2.10. The van der Waals surface area contributed by atoms with Gasteiger partial charge in [-0.25, -0.2) is 11.7 Å². The highest BCUT2D eigenvalue weighted by atomic mass is 16.2. The molecule has 0 aliphatic rings. The van der Waals surface area contributed by atoms with Crippen LogP contribution < -0.4 is 33.8 Å². The van der Waals surface area contributed by atoms with E-state index in [1.165, 1.54) is 0 Å². The number of ketones is 2. The van der Waals surface area contributed by atoms with Crippen molar-refractivity contribution in [3.05, 3.63) is 95.4 Å². The molecule has 0 saturated carbocycles. The van der Waals surface area contributed by atoms with Crippen LogP contribution in [0.25, 0.3) is 32.7 Å². The number of aromatic nitrogens is 3. The molecule has 17 nitrogen and oxygen atoms in total. The minimum atomic E-state index is -0.498. The number of nitrogens with one attached hydrogen (secondary N) is 5. The summed E-state index contributed by atoms with van der Waals surface area (Å²) in [5.41, 5.74) is 14.5. The Balaban J connectivity index is 1.09. The van der Waals surface area contributed by atoms with Crippen molar-refractivity contribution >= 4 is 79.3 Å². The first-order chi connectivity index (χ1) is 25.4. The van der Waals surface area contributed by atoms with Gasteiger partial charge >= 0.3 is 0 Å². The number of Topliss-reactive ketones (excluding diaryl/α,β-unsaturated/α-hetero) is 2.